The fourth-order valence-corrected chi connectivity index (χ4v) is 3.53. The molecule has 1 heterocycles. The Hall–Kier alpha value is -2.56. The highest BCUT2D eigenvalue weighted by Crippen LogP contribution is 2.18. The van der Waals surface area contributed by atoms with E-state index in [1.165, 1.54) is 24.5 Å². The third-order valence-corrected chi connectivity index (χ3v) is 5.39. The number of halogens is 1. The van der Waals surface area contributed by atoms with Gasteiger partial charge in [-0.2, -0.15) is 0 Å². The Kier molecular flexibility index (Phi) is 5.99. The van der Waals surface area contributed by atoms with Gasteiger partial charge in [0, 0.05) is 28.2 Å². The highest BCUT2D eigenvalue weighted by molar-refractivity contribution is 9.10. The van der Waals surface area contributed by atoms with Gasteiger partial charge in [-0.25, -0.2) is 23.1 Å². The average molecular weight is 464 g/mol. The number of hydrogen-bond acceptors (Lipinski definition) is 5. The summed E-state index contributed by atoms with van der Waals surface area (Å²) < 4.78 is 28.0. The fourth-order valence-electron chi connectivity index (χ4n) is 2.07. The van der Waals surface area contributed by atoms with Crippen LogP contribution in [-0.4, -0.2) is 23.5 Å². The summed E-state index contributed by atoms with van der Waals surface area (Å²) in [6, 6.07) is 15.3. The average Bonchev–Trinajstić information content (AvgIpc) is 2.64. The van der Waals surface area contributed by atoms with E-state index < -0.39 is 10.0 Å². The predicted molar refractivity (Wildman–Crippen MR) is 113 cm³/mol. The summed E-state index contributed by atoms with van der Waals surface area (Å²) in [5.74, 6) is 0.0135. The number of anilines is 3. The maximum Gasteiger partial charge on any atom is 0.264 e. The Morgan fingerprint density at radius 2 is 1.41 bits per heavy atom. The molecule has 0 fully saturated rings. The van der Waals surface area contributed by atoms with Gasteiger partial charge in [-0.05, 0) is 66.8 Å². The van der Waals surface area contributed by atoms with Gasteiger partial charge in [-0.15, -0.1) is 0 Å². The lowest BCUT2D eigenvalue weighted by Crippen LogP contribution is -2.19. The van der Waals surface area contributed by atoms with Crippen LogP contribution in [0.1, 0.15) is 0 Å². The third-order valence-electron chi connectivity index (χ3n) is 3.32. The minimum atomic E-state index is -3.77. The van der Waals surface area contributed by atoms with Crippen LogP contribution in [0.3, 0.4) is 0 Å². The highest BCUT2D eigenvalue weighted by Gasteiger charge is 2.15. The number of hydrogen-bond donors (Lipinski definition) is 3. The zero-order valence-corrected chi connectivity index (χ0v) is 17.0. The van der Waals surface area contributed by atoms with Crippen LogP contribution >= 0.6 is 28.1 Å². The Balaban J connectivity index is 1.64. The molecule has 0 saturated carbocycles. The molecule has 0 radical (unpaired) electrons. The quantitative estimate of drug-likeness (QED) is 0.494. The van der Waals surface area contributed by atoms with Gasteiger partial charge < -0.3 is 10.6 Å². The second-order valence-electron chi connectivity index (χ2n) is 5.29. The second kappa shape index (κ2) is 8.42. The van der Waals surface area contributed by atoms with Gasteiger partial charge in [0.2, 0.25) is 5.95 Å². The van der Waals surface area contributed by atoms with E-state index in [9.17, 15) is 8.42 Å². The Labute approximate surface area is 170 Å². The molecule has 0 aliphatic rings. The van der Waals surface area contributed by atoms with Crippen molar-refractivity contribution in [3.8, 4) is 0 Å². The topological polar surface area (TPSA) is 96.0 Å². The summed E-state index contributed by atoms with van der Waals surface area (Å²) in [5, 5.41) is 6.44. The van der Waals surface area contributed by atoms with Gasteiger partial charge in [0.05, 0.1) is 4.90 Å². The van der Waals surface area contributed by atoms with Crippen LogP contribution in [0.25, 0.3) is 0 Å². The molecular weight excluding hydrogens is 450 g/mol. The monoisotopic (exact) mass is 463 g/mol. The van der Waals surface area contributed by atoms with Crippen molar-refractivity contribution in [2.75, 3.05) is 15.4 Å². The minimum Gasteiger partial charge on any atom is -0.332 e. The molecule has 0 spiro atoms. The number of benzene rings is 2. The number of nitrogens with zero attached hydrogens (tertiary/aromatic N) is 2. The lowest BCUT2D eigenvalue weighted by atomic mass is 10.3. The zero-order chi connectivity index (χ0) is 19.3. The molecular formula is C17H14BrN5O2S2. The molecule has 10 heteroatoms. The second-order valence-corrected chi connectivity index (χ2v) is 8.29. The normalized spacial score (nSPS) is 10.9. The summed E-state index contributed by atoms with van der Waals surface area (Å²) in [7, 11) is -3.77. The number of sulfonamides is 1. The first kappa shape index (κ1) is 19.2. The van der Waals surface area contributed by atoms with Gasteiger partial charge in [0.1, 0.15) is 0 Å². The summed E-state index contributed by atoms with van der Waals surface area (Å²) >= 11 is 8.63. The van der Waals surface area contributed by atoms with E-state index >= 15 is 0 Å². The molecule has 7 nitrogen and oxygen atoms in total. The van der Waals surface area contributed by atoms with E-state index in [0.29, 0.717) is 10.8 Å². The molecule has 1 aromatic heterocycles. The van der Waals surface area contributed by atoms with Crippen LogP contribution in [0.5, 0.6) is 0 Å². The molecule has 138 valence electrons. The first-order chi connectivity index (χ1) is 12.9. The predicted octanol–water partition coefficient (Wildman–Crippen LogP) is 3.85. The molecule has 2 aromatic carbocycles. The molecule has 3 N–H and O–H groups in total. The smallest absolute Gasteiger partial charge is 0.264 e. The van der Waals surface area contributed by atoms with E-state index in [0.717, 1.165) is 10.2 Å². The van der Waals surface area contributed by atoms with Crippen LogP contribution in [0.2, 0.25) is 0 Å². The molecule has 0 aliphatic carbocycles. The van der Waals surface area contributed by atoms with Crippen molar-refractivity contribution in [2.45, 2.75) is 4.90 Å². The van der Waals surface area contributed by atoms with E-state index in [1.54, 1.807) is 18.2 Å². The standard InChI is InChI=1S/C17H14BrN5O2S2/c18-12-2-4-13(5-3-12)21-17(26)22-14-6-8-15(9-7-14)27(24,25)23-16-19-10-1-11-20-16/h1-11H,(H,19,20,23)(H2,21,22,26). The van der Waals surface area contributed by atoms with Crippen molar-refractivity contribution in [1.29, 1.82) is 0 Å². The van der Waals surface area contributed by atoms with Gasteiger partial charge in [0.15, 0.2) is 5.11 Å². The molecule has 0 atom stereocenters. The maximum absolute atomic E-state index is 12.4. The van der Waals surface area contributed by atoms with Crippen LogP contribution in [-0.2, 0) is 10.0 Å². The number of aromatic nitrogens is 2. The van der Waals surface area contributed by atoms with E-state index in [2.05, 4.69) is 41.3 Å². The Morgan fingerprint density at radius 3 is 1.96 bits per heavy atom. The van der Waals surface area contributed by atoms with Gasteiger partial charge in [-0.3, -0.25) is 0 Å². The molecule has 0 unspecified atom stereocenters. The van der Waals surface area contributed by atoms with Crippen LogP contribution in [0, 0.1) is 0 Å². The fraction of sp³-hybridized carbons (Fsp3) is 0. The lowest BCUT2D eigenvalue weighted by Gasteiger charge is -2.11. The molecule has 0 bridgehead atoms. The molecule has 0 amide bonds. The highest BCUT2D eigenvalue weighted by atomic mass is 79.9. The number of rotatable bonds is 5. The summed E-state index contributed by atoms with van der Waals surface area (Å²) in [6.45, 7) is 0. The Bertz CT molecular complexity index is 1030. The number of thiocarbonyl (C=S) groups is 1. The third kappa shape index (κ3) is 5.46. The largest absolute Gasteiger partial charge is 0.332 e. The van der Waals surface area contributed by atoms with Crippen molar-refractivity contribution < 1.29 is 8.42 Å². The van der Waals surface area contributed by atoms with E-state index in [1.807, 2.05) is 24.3 Å². The van der Waals surface area contributed by atoms with Crippen molar-refractivity contribution in [3.63, 3.8) is 0 Å². The van der Waals surface area contributed by atoms with Gasteiger partial charge in [-0.1, -0.05) is 15.9 Å². The van der Waals surface area contributed by atoms with Gasteiger partial charge in [0.25, 0.3) is 10.0 Å². The maximum atomic E-state index is 12.4. The molecule has 3 aromatic rings. The van der Waals surface area contributed by atoms with Crippen LogP contribution < -0.4 is 15.4 Å². The van der Waals surface area contributed by atoms with E-state index in [-0.39, 0.29) is 10.8 Å². The van der Waals surface area contributed by atoms with Crippen LogP contribution in [0.4, 0.5) is 17.3 Å². The summed E-state index contributed by atoms with van der Waals surface area (Å²) in [4.78, 5) is 7.79. The molecule has 0 aliphatic heterocycles. The first-order valence-electron chi connectivity index (χ1n) is 7.66. The molecule has 3 rings (SSSR count). The SMILES string of the molecule is O=S(=O)(Nc1ncccn1)c1ccc(NC(=S)Nc2ccc(Br)cc2)cc1. The Morgan fingerprint density at radius 1 is 0.889 bits per heavy atom. The van der Waals surface area contributed by atoms with Crippen molar-refractivity contribution in [3.05, 3.63) is 71.5 Å². The van der Waals surface area contributed by atoms with Crippen molar-refractivity contribution >= 4 is 60.6 Å². The molecule has 0 saturated heterocycles. The summed E-state index contributed by atoms with van der Waals surface area (Å²) in [6.07, 6.45) is 2.91. The zero-order valence-electron chi connectivity index (χ0n) is 13.8. The summed E-state index contributed by atoms with van der Waals surface area (Å²) in [5.41, 5.74) is 1.49. The number of nitrogens with one attached hydrogen (secondary N) is 3. The van der Waals surface area contributed by atoms with Gasteiger partial charge >= 0.3 is 0 Å². The first-order valence-corrected chi connectivity index (χ1v) is 10.3. The molecule has 27 heavy (non-hydrogen) atoms. The van der Waals surface area contributed by atoms with E-state index in [4.69, 9.17) is 12.2 Å². The van der Waals surface area contributed by atoms with Crippen LogP contribution in [0.15, 0.2) is 76.4 Å². The van der Waals surface area contributed by atoms with Crippen molar-refractivity contribution in [2.24, 2.45) is 0 Å². The minimum absolute atomic E-state index is 0.0135. The lowest BCUT2D eigenvalue weighted by molar-refractivity contribution is 0.601. The van der Waals surface area contributed by atoms with Crippen molar-refractivity contribution in [1.82, 2.24) is 9.97 Å².